The van der Waals surface area contributed by atoms with Crippen molar-refractivity contribution in [2.24, 2.45) is 0 Å². The third kappa shape index (κ3) is 8.90. The van der Waals surface area contributed by atoms with Gasteiger partial charge in [0.25, 0.3) is 0 Å². The first kappa shape index (κ1) is 38.8. The zero-order valence-corrected chi connectivity index (χ0v) is 32.3. The number of nitrogens with one attached hydrogen (secondary N) is 2. The predicted molar refractivity (Wildman–Crippen MR) is 209 cm³/mol. The van der Waals surface area contributed by atoms with Crippen molar-refractivity contribution in [3.05, 3.63) is 112 Å². The van der Waals surface area contributed by atoms with E-state index in [-0.39, 0.29) is 49.9 Å². The third-order valence-electron chi connectivity index (χ3n) is 9.60. The lowest BCUT2D eigenvalue weighted by Crippen LogP contribution is -2.66. The van der Waals surface area contributed by atoms with Crippen molar-refractivity contribution in [3.63, 3.8) is 0 Å². The molecule has 6 rings (SSSR count). The van der Waals surface area contributed by atoms with Crippen LogP contribution in [-0.2, 0) is 29.1 Å². The number of hydrogen-bond donors (Lipinski definition) is 2. The molecule has 0 spiro atoms. The molecule has 2 atom stereocenters. The van der Waals surface area contributed by atoms with E-state index in [0.29, 0.717) is 35.4 Å². The van der Waals surface area contributed by atoms with Crippen LogP contribution in [0, 0.1) is 0 Å². The normalized spacial score (nSPS) is 17.3. The van der Waals surface area contributed by atoms with Crippen molar-refractivity contribution < 1.29 is 23.9 Å². The van der Waals surface area contributed by atoms with Crippen LogP contribution < -0.4 is 15.4 Å². The van der Waals surface area contributed by atoms with E-state index in [4.69, 9.17) is 27.9 Å². The first-order chi connectivity index (χ1) is 25.9. The summed E-state index contributed by atoms with van der Waals surface area (Å²) in [4.78, 5) is 60.0. The van der Waals surface area contributed by atoms with Crippen LogP contribution in [0.5, 0.6) is 5.75 Å². The lowest BCUT2D eigenvalue weighted by atomic mass is 9.99. The monoisotopic (exact) mass is 773 g/mol. The lowest BCUT2D eigenvalue weighted by Gasteiger charge is -2.47. The van der Waals surface area contributed by atoms with E-state index >= 15 is 0 Å². The molecule has 2 fully saturated rings. The minimum Gasteiger partial charge on any atom is -0.410 e. The fourth-order valence-electron chi connectivity index (χ4n) is 7.00. The van der Waals surface area contributed by atoms with Gasteiger partial charge in [0.05, 0.1) is 23.1 Å². The standard InChI is InChI=1S/C40H45Cl2N7O5/c1-26(2)49(39(52)44-22-28-14-17-33(41)34(42)20-28)47-25-37(50)48-35(21-27-12-15-31(16-13-27)54-40(53)43-18-19-45(3)4)38(51)46(24-36(47)48)23-30-10-7-9-29-8-5-6-11-32(29)30/h5-17,20,26,35-36H,18-19,21-25H2,1-4H3,(H,43,53)(H,44,52)/t35-,36+/m0/s1. The number of halogens is 2. The molecule has 0 saturated carbocycles. The number of ether oxygens (including phenoxy) is 1. The number of nitrogens with zero attached hydrogens (tertiary/aromatic N) is 5. The van der Waals surface area contributed by atoms with Gasteiger partial charge in [0.15, 0.2) is 0 Å². The molecule has 0 aromatic heterocycles. The Balaban J connectivity index is 1.26. The molecule has 54 heavy (non-hydrogen) atoms. The topological polar surface area (TPSA) is 118 Å². The summed E-state index contributed by atoms with van der Waals surface area (Å²) < 4.78 is 5.44. The predicted octanol–water partition coefficient (Wildman–Crippen LogP) is 5.76. The van der Waals surface area contributed by atoms with Crippen LogP contribution in [0.25, 0.3) is 10.8 Å². The maximum absolute atomic E-state index is 14.5. The van der Waals surface area contributed by atoms with Crippen LogP contribution >= 0.6 is 23.2 Å². The van der Waals surface area contributed by atoms with Gasteiger partial charge in [0, 0.05) is 38.6 Å². The zero-order chi connectivity index (χ0) is 38.5. The van der Waals surface area contributed by atoms with Crippen LogP contribution in [0.3, 0.4) is 0 Å². The number of rotatable bonds is 12. The van der Waals surface area contributed by atoms with E-state index in [2.05, 4.69) is 10.6 Å². The summed E-state index contributed by atoms with van der Waals surface area (Å²) in [6, 6.07) is 24.6. The summed E-state index contributed by atoms with van der Waals surface area (Å²) in [7, 11) is 3.83. The highest BCUT2D eigenvalue weighted by Crippen LogP contribution is 2.32. The number of carbonyl (C=O) groups excluding carboxylic acids is 4. The summed E-state index contributed by atoms with van der Waals surface area (Å²) in [6.45, 7) is 5.53. The first-order valence-electron chi connectivity index (χ1n) is 17.9. The third-order valence-corrected chi connectivity index (χ3v) is 10.3. The van der Waals surface area contributed by atoms with Crippen molar-refractivity contribution >= 4 is 57.9 Å². The van der Waals surface area contributed by atoms with Gasteiger partial charge in [-0.3, -0.25) is 14.6 Å². The average Bonchev–Trinajstić information content (AvgIpc) is 3.45. The number of likely N-dealkylation sites (N-methyl/N-ethyl adjacent to an activating group) is 1. The number of urea groups is 1. The zero-order valence-electron chi connectivity index (χ0n) is 30.8. The van der Waals surface area contributed by atoms with E-state index in [1.807, 2.05) is 75.3 Å². The first-order valence-corrected chi connectivity index (χ1v) is 18.7. The number of piperazine rings is 1. The summed E-state index contributed by atoms with van der Waals surface area (Å²) in [5.74, 6) is -0.0787. The molecule has 4 aromatic carbocycles. The molecule has 14 heteroatoms. The van der Waals surface area contributed by atoms with Crippen molar-refractivity contribution in [2.45, 2.75) is 51.6 Å². The van der Waals surface area contributed by atoms with Crippen molar-refractivity contribution in [2.75, 3.05) is 40.3 Å². The summed E-state index contributed by atoms with van der Waals surface area (Å²) in [5, 5.41) is 11.9. The van der Waals surface area contributed by atoms with Crippen molar-refractivity contribution in [3.8, 4) is 5.75 Å². The Hall–Kier alpha value is -4.88. The van der Waals surface area contributed by atoms with E-state index in [0.717, 1.165) is 27.5 Å². The van der Waals surface area contributed by atoms with Crippen LogP contribution in [0.1, 0.15) is 30.5 Å². The number of fused-ring (bicyclic) bond motifs is 2. The Bertz CT molecular complexity index is 2010. The van der Waals surface area contributed by atoms with Crippen LogP contribution in [0.2, 0.25) is 10.0 Å². The molecule has 0 unspecified atom stereocenters. The van der Waals surface area contributed by atoms with Crippen LogP contribution in [0.15, 0.2) is 84.9 Å². The van der Waals surface area contributed by atoms with Crippen LogP contribution in [0.4, 0.5) is 9.59 Å². The van der Waals surface area contributed by atoms with Crippen LogP contribution in [-0.4, -0.2) is 107 Å². The van der Waals surface area contributed by atoms with Gasteiger partial charge < -0.3 is 30.1 Å². The largest absolute Gasteiger partial charge is 0.412 e. The number of carbonyl (C=O) groups is 4. The number of benzene rings is 4. The quantitative estimate of drug-likeness (QED) is 0.188. The molecule has 2 aliphatic rings. The maximum atomic E-state index is 14.5. The summed E-state index contributed by atoms with van der Waals surface area (Å²) in [6.07, 6.45) is -0.944. The molecule has 2 saturated heterocycles. The maximum Gasteiger partial charge on any atom is 0.412 e. The van der Waals surface area contributed by atoms with Crippen molar-refractivity contribution in [1.82, 2.24) is 35.4 Å². The molecule has 12 nitrogen and oxygen atoms in total. The molecule has 5 amide bonds. The smallest absolute Gasteiger partial charge is 0.410 e. The number of hydrazine groups is 1. The minimum atomic E-state index is -0.842. The Morgan fingerprint density at radius 1 is 0.907 bits per heavy atom. The fraction of sp³-hybridized carbons (Fsp3) is 0.350. The van der Waals surface area contributed by atoms with Crippen molar-refractivity contribution in [1.29, 1.82) is 0 Å². The van der Waals surface area contributed by atoms with Gasteiger partial charge in [0.2, 0.25) is 11.8 Å². The Kier molecular flexibility index (Phi) is 12.3. The van der Waals surface area contributed by atoms with Gasteiger partial charge in [-0.25, -0.2) is 9.59 Å². The Morgan fingerprint density at radius 2 is 1.63 bits per heavy atom. The number of amides is 5. The van der Waals surface area contributed by atoms with Gasteiger partial charge in [-0.1, -0.05) is 83.9 Å². The molecule has 0 aliphatic carbocycles. The van der Waals surface area contributed by atoms with Gasteiger partial charge in [-0.05, 0) is 79.7 Å². The van der Waals surface area contributed by atoms with Gasteiger partial charge in [0.1, 0.15) is 18.0 Å². The lowest BCUT2D eigenvalue weighted by molar-refractivity contribution is -0.158. The molecule has 2 N–H and O–H groups in total. The molecular formula is C40H45Cl2N7O5. The second kappa shape index (κ2) is 17.1. The summed E-state index contributed by atoms with van der Waals surface area (Å²) >= 11 is 12.3. The molecule has 2 heterocycles. The van der Waals surface area contributed by atoms with E-state index in [9.17, 15) is 19.2 Å². The van der Waals surface area contributed by atoms with Gasteiger partial charge in [-0.15, -0.1) is 0 Å². The molecule has 4 aromatic rings. The van der Waals surface area contributed by atoms with E-state index < -0.39 is 18.3 Å². The Morgan fingerprint density at radius 3 is 2.35 bits per heavy atom. The van der Waals surface area contributed by atoms with E-state index in [1.165, 1.54) is 0 Å². The fourth-order valence-corrected chi connectivity index (χ4v) is 7.32. The second-order valence-corrected chi connectivity index (χ2v) is 14.9. The molecule has 0 bridgehead atoms. The molecule has 2 aliphatic heterocycles. The highest BCUT2D eigenvalue weighted by Gasteiger charge is 2.52. The van der Waals surface area contributed by atoms with Gasteiger partial charge in [-0.2, -0.15) is 5.01 Å². The molecular weight excluding hydrogens is 729 g/mol. The summed E-state index contributed by atoms with van der Waals surface area (Å²) in [5.41, 5.74) is 2.53. The molecule has 0 radical (unpaired) electrons. The Labute approximate surface area is 325 Å². The number of hydrogen-bond acceptors (Lipinski definition) is 7. The molecule has 284 valence electrons. The van der Waals surface area contributed by atoms with E-state index in [1.54, 1.807) is 62.3 Å². The SMILES string of the molecule is CC(C)N(C(=O)NCc1ccc(Cl)c(Cl)c1)N1CC(=O)N2[C@@H](Cc3ccc(OC(=O)NCCN(C)C)cc3)C(=O)N(Cc3cccc4ccccc34)C[C@@H]21. The second-order valence-electron chi connectivity index (χ2n) is 14.1. The van der Waals surface area contributed by atoms with Gasteiger partial charge >= 0.3 is 12.1 Å². The minimum absolute atomic E-state index is 0.0787. The average molecular weight is 775 g/mol. The highest BCUT2D eigenvalue weighted by atomic mass is 35.5. The highest BCUT2D eigenvalue weighted by molar-refractivity contribution is 6.42.